The number of hydrogen-bond donors (Lipinski definition) is 1. The number of morpholine rings is 1. The minimum Gasteiger partial charge on any atom is -0.374 e. The Hall–Kier alpha value is -0.490. The molecule has 2 unspecified atom stereocenters. The number of pyridine rings is 1. The Morgan fingerprint density at radius 3 is 3.11 bits per heavy atom. The van der Waals surface area contributed by atoms with Crippen LogP contribution in [0.5, 0.6) is 0 Å². The highest BCUT2D eigenvalue weighted by Crippen LogP contribution is 2.15. The Kier molecular flexibility index (Phi) is 5.76. The smallest absolute Gasteiger partial charge is 0.0858 e. The molecule has 1 fully saturated rings. The zero-order chi connectivity index (χ0) is 13.7. The van der Waals surface area contributed by atoms with Crippen LogP contribution in [0, 0.1) is 0 Å². The van der Waals surface area contributed by atoms with E-state index in [2.05, 4.69) is 44.1 Å². The number of aromatic nitrogens is 1. The normalized spacial score (nSPS) is 22.4. The average Bonchev–Trinajstić information content (AvgIpc) is 2.45. The molecule has 19 heavy (non-hydrogen) atoms. The second-order valence-corrected chi connectivity index (χ2v) is 5.83. The van der Waals surface area contributed by atoms with Crippen LogP contribution in [0.2, 0.25) is 0 Å². The predicted octanol–water partition coefficient (Wildman–Crippen LogP) is 1.70. The van der Waals surface area contributed by atoms with Gasteiger partial charge in [-0.3, -0.25) is 9.88 Å². The van der Waals surface area contributed by atoms with Crippen LogP contribution < -0.4 is 5.32 Å². The maximum absolute atomic E-state index is 5.93. The van der Waals surface area contributed by atoms with Gasteiger partial charge >= 0.3 is 0 Å². The summed E-state index contributed by atoms with van der Waals surface area (Å²) in [5.74, 6) is 0. The van der Waals surface area contributed by atoms with Crippen molar-refractivity contribution in [2.75, 3.05) is 33.3 Å². The van der Waals surface area contributed by atoms with Gasteiger partial charge in [-0.2, -0.15) is 0 Å². The summed E-state index contributed by atoms with van der Waals surface area (Å²) in [5, 5.41) is 3.39. The fraction of sp³-hybridized carbons (Fsp3) is 0.643. The van der Waals surface area contributed by atoms with E-state index >= 15 is 0 Å². The van der Waals surface area contributed by atoms with E-state index in [4.69, 9.17) is 4.74 Å². The van der Waals surface area contributed by atoms with Crippen molar-refractivity contribution in [1.82, 2.24) is 15.2 Å². The fourth-order valence-corrected chi connectivity index (χ4v) is 2.92. The Morgan fingerprint density at radius 2 is 2.42 bits per heavy atom. The molecule has 0 bridgehead atoms. The molecule has 0 spiro atoms. The third-order valence-corrected chi connectivity index (χ3v) is 4.10. The molecule has 5 heteroatoms. The van der Waals surface area contributed by atoms with Crippen molar-refractivity contribution in [2.45, 2.75) is 25.5 Å². The molecule has 0 radical (unpaired) electrons. The molecule has 0 amide bonds. The summed E-state index contributed by atoms with van der Waals surface area (Å²) in [7, 11) is 2.00. The van der Waals surface area contributed by atoms with E-state index in [9.17, 15) is 0 Å². The molecular weight excluding hydrogens is 306 g/mol. The molecular formula is C14H22BrN3O. The molecule has 2 atom stereocenters. The van der Waals surface area contributed by atoms with Crippen molar-refractivity contribution in [3.8, 4) is 0 Å². The number of halogens is 1. The summed E-state index contributed by atoms with van der Waals surface area (Å²) in [6.45, 7) is 6.17. The summed E-state index contributed by atoms with van der Waals surface area (Å²) in [4.78, 5) is 6.66. The van der Waals surface area contributed by atoms with E-state index in [1.807, 2.05) is 19.4 Å². The number of likely N-dealkylation sites (N-methyl/N-ethyl adjacent to an activating group) is 2. The minimum atomic E-state index is 0.248. The number of hydrogen-bond acceptors (Lipinski definition) is 4. The molecule has 1 aliphatic heterocycles. The Morgan fingerprint density at radius 1 is 1.58 bits per heavy atom. The molecule has 1 aromatic rings. The summed E-state index contributed by atoms with van der Waals surface area (Å²) >= 11 is 3.47. The number of nitrogens with one attached hydrogen (secondary N) is 1. The minimum absolute atomic E-state index is 0.248. The molecule has 106 valence electrons. The topological polar surface area (TPSA) is 37.4 Å². The molecule has 0 aromatic carbocycles. The van der Waals surface area contributed by atoms with Crippen molar-refractivity contribution in [2.24, 2.45) is 0 Å². The van der Waals surface area contributed by atoms with Gasteiger partial charge in [-0.15, -0.1) is 0 Å². The van der Waals surface area contributed by atoms with Gasteiger partial charge in [-0.05, 0) is 47.6 Å². The lowest BCUT2D eigenvalue weighted by Gasteiger charge is -2.36. The van der Waals surface area contributed by atoms with Crippen LogP contribution in [-0.2, 0) is 11.2 Å². The van der Waals surface area contributed by atoms with Gasteiger partial charge in [0.1, 0.15) is 0 Å². The second kappa shape index (κ2) is 7.33. The van der Waals surface area contributed by atoms with Crippen LogP contribution in [0.4, 0.5) is 0 Å². The largest absolute Gasteiger partial charge is 0.374 e. The van der Waals surface area contributed by atoms with Crippen LogP contribution in [0.3, 0.4) is 0 Å². The number of nitrogens with zero attached hydrogens (tertiary/aromatic N) is 2. The number of ether oxygens (including phenoxy) is 1. The third-order valence-electron chi connectivity index (χ3n) is 3.66. The molecule has 1 aliphatic rings. The van der Waals surface area contributed by atoms with Gasteiger partial charge in [0.2, 0.25) is 0 Å². The van der Waals surface area contributed by atoms with Gasteiger partial charge in [0.25, 0.3) is 0 Å². The maximum atomic E-state index is 5.93. The zero-order valence-corrected chi connectivity index (χ0v) is 13.2. The molecule has 1 aromatic heterocycles. The quantitative estimate of drug-likeness (QED) is 0.893. The third kappa shape index (κ3) is 4.24. The first-order valence-corrected chi connectivity index (χ1v) is 7.63. The monoisotopic (exact) mass is 327 g/mol. The van der Waals surface area contributed by atoms with E-state index in [1.165, 1.54) is 5.56 Å². The highest BCUT2D eigenvalue weighted by atomic mass is 79.9. The van der Waals surface area contributed by atoms with Crippen molar-refractivity contribution in [1.29, 1.82) is 0 Å². The van der Waals surface area contributed by atoms with Crippen LogP contribution >= 0.6 is 15.9 Å². The highest BCUT2D eigenvalue weighted by Gasteiger charge is 2.26. The summed E-state index contributed by atoms with van der Waals surface area (Å²) in [6, 6.07) is 2.45. The van der Waals surface area contributed by atoms with Crippen LogP contribution in [-0.4, -0.2) is 55.3 Å². The highest BCUT2D eigenvalue weighted by molar-refractivity contribution is 9.10. The predicted molar refractivity (Wildman–Crippen MR) is 80.3 cm³/mol. The van der Waals surface area contributed by atoms with E-state index in [0.29, 0.717) is 6.04 Å². The average molecular weight is 328 g/mol. The molecule has 1 saturated heterocycles. The van der Waals surface area contributed by atoms with E-state index in [0.717, 1.165) is 37.1 Å². The van der Waals surface area contributed by atoms with Crippen molar-refractivity contribution >= 4 is 15.9 Å². The number of rotatable bonds is 5. The first kappa shape index (κ1) is 14.9. The Balaban J connectivity index is 1.99. The van der Waals surface area contributed by atoms with Crippen molar-refractivity contribution in [3.63, 3.8) is 0 Å². The molecule has 2 heterocycles. The standard InChI is InChI=1S/C14H22BrN3O/c1-3-18-4-5-19-14(10-18)13(16-2)7-11-6-12(15)9-17-8-11/h6,8-9,13-14,16H,3-5,7,10H2,1-2H3. The van der Waals surface area contributed by atoms with Gasteiger partial charge in [0.05, 0.1) is 12.7 Å². The van der Waals surface area contributed by atoms with Crippen molar-refractivity contribution < 1.29 is 4.74 Å². The SMILES string of the molecule is CCN1CCOC(C(Cc2cncc(Br)c2)NC)C1. The van der Waals surface area contributed by atoms with Crippen LogP contribution in [0.1, 0.15) is 12.5 Å². The van der Waals surface area contributed by atoms with Gasteiger partial charge < -0.3 is 10.1 Å². The molecule has 2 rings (SSSR count). The Bertz CT molecular complexity index is 402. The summed E-state index contributed by atoms with van der Waals surface area (Å²) in [6.07, 6.45) is 4.92. The van der Waals surface area contributed by atoms with Gasteiger partial charge in [0.15, 0.2) is 0 Å². The van der Waals surface area contributed by atoms with E-state index < -0.39 is 0 Å². The first-order chi connectivity index (χ1) is 9.22. The lowest BCUT2D eigenvalue weighted by molar-refractivity contribution is -0.0436. The maximum Gasteiger partial charge on any atom is 0.0858 e. The molecule has 1 N–H and O–H groups in total. The lowest BCUT2D eigenvalue weighted by atomic mass is 10.0. The second-order valence-electron chi connectivity index (χ2n) is 4.91. The van der Waals surface area contributed by atoms with E-state index in [1.54, 1.807) is 0 Å². The van der Waals surface area contributed by atoms with Gasteiger partial charge in [0, 0.05) is 36.0 Å². The summed E-state index contributed by atoms with van der Waals surface area (Å²) < 4.78 is 6.96. The van der Waals surface area contributed by atoms with Crippen LogP contribution in [0.25, 0.3) is 0 Å². The van der Waals surface area contributed by atoms with Crippen molar-refractivity contribution in [3.05, 3.63) is 28.5 Å². The molecule has 0 aliphatic carbocycles. The first-order valence-electron chi connectivity index (χ1n) is 6.83. The Labute approximate surface area is 123 Å². The zero-order valence-electron chi connectivity index (χ0n) is 11.6. The fourth-order valence-electron chi connectivity index (χ4n) is 2.50. The van der Waals surface area contributed by atoms with E-state index in [-0.39, 0.29) is 6.10 Å². The van der Waals surface area contributed by atoms with Gasteiger partial charge in [-0.1, -0.05) is 6.92 Å². The molecule has 4 nitrogen and oxygen atoms in total. The summed E-state index contributed by atoms with van der Waals surface area (Å²) in [5.41, 5.74) is 1.23. The lowest BCUT2D eigenvalue weighted by Crippen LogP contribution is -2.52. The molecule has 0 saturated carbocycles. The van der Waals surface area contributed by atoms with Crippen LogP contribution in [0.15, 0.2) is 22.9 Å². The van der Waals surface area contributed by atoms with Gasteiger partial charge in [-0.25, -0.2) is 0 Å².